The zero-order valence-electron chi connectivity index (χ0n) is 6.55. The first-order valence-electron chi connectivity index (χ1n) is 3.67. The fraction of sp³-hybridized carbons (Fsp3) is 0.111. The molecule has 2 rings (SSSR count). The van der Waals surface area contributed by atoms with E-state index in [0.717, 1.165) is 19.9 Å². The van der Waals surface area contributed by atoms with Gasteiger partial charge in [0.1, 0.15) is 5.75 Å². The Hall–Kier alpha value is -0.0600. The quantitative estimate of drug-likeness (QED) is 0.778. The van der Waals surface area contributed by atoms with Gasteiger partial charge >= 0.3 is 0 Å². The van der Waals surface area contributed by atoms with Crippen molar-refractivity contribution in [2.24, 2.45) is 0 Å². The molecule has 13 heavy (non-hydrogen) atoms. The molecule has 1 aromatic heterocycles. The lowest BCUT2D eigenvalue weighted by Gasteiger charge is -2.00. The van der Waals surface area contributed by atoms with Gasteiger partial charge < -0.3 is 5.11 Å². The number of halogens is 2. The summed E-state index contributed by atoms with van der Waals surface area (Å²) >= 11 is 8.41. The summed E-state index contributed by atoms with van der Waals surface area (Å²) in [5.41, 5.74) is 1.21. The van der Waals surface area contributed by atoms with Crippen molar-refractivity contribution in [1.82, 2.24) is 0 Å². The molecule has 0 radical (unpaired) electrons. The van der Waals surface area contributed by atoms with Gasteiger partial charge in [-0.15, -0.1) is 11.3 Å². The van der Waals surface area contributed by atoms with E-state index in [-0.39, 0.29) is 0 Å². The number of benzene rings is 1. The van der Waals surface area contributed by atoms with Crippen molar-refractivity contribution in [3.63, 3.8) is 0 Å². The minimum atomic E-state index is 0.356. The number of alkyl halides is 1. The van der Waals surface area contributed by atoms with Crippen molar-refractivity contribution in [3.8, 4) is 5.75 Å². The van der Waals surface area contributed by atoms with Gasteiger partial charge in [0.2, 0.25) is 0 Å². The second kappa shape index (κ2) is 3.59. The van der Waals surface area contributed by atoms with Gasteiger partial charge in [0, 0.05) is 25.3 Å². The standard InChI is InChI=1S/C9H6Br2OS/c10-3-5-1-2-6(11)8-7(12)4-13-9(5)8/h1-2,4,12H,3H2. The Morgan fingerprint density at radius 1 is 1.38 bits per heavy atom. The molecule has 68 valence electrons. The van der Waals surface area contributed by atoms with Gasteiger partial charge in [0.25, 0.3) is 0 Å². The monoisotopic (exact) mass is 320 g/mol. The summed E-state index contributed by atoms with van der Waals surface area (Å²) in [5, 5.41) is 13.1. The van der Waals surface area contributed by atoms with Crippen molar-refractivity contribution >= 4 is 53.3 Å². The van der Waals surface area contributed by atoms with E-state index in [1.165, 1.54) is 5.56 Å². The average molecular weight is 322 g/mol. The van der Waals surface area contributed by atoms with E-state index in [0.29, 0.717) is 5.75 Å². The lowest BCUT2D eigenvalue weighted by atomic mass is 10.2. The summed E-state index contributed by atoms with van der Waals surface area (Å²) < 4.78 is 2.09. The molecule has 0 aliphatic rings. The minimum Gasteiger partial charge on any atom is -0.506 e. The molecule has 1 nitrogen and oxygen atoms in total. The third-order valence-electron chi connectivity index (χ3n) is 1.88. The van der Waals surface area contributed by atoms with Crippen molar-refractivity contribution in [2.75, 3.05) is 0 Å². The summed E-state index contributed by atoms with van der Waals surface area (Å²) in [4.78, 5) is 0. The van der Waals surface area contributed by atoms with Gasteiger partial charge in [0.05, 0.1) is 0 Å². The van der Waals surface area contributed by atoms with Gasteiger partial charge in [-0.25, -0.2) is 0 Å². The minimum absolute atomic E-state index is 0.356. The second-order valence-corrected chi connectivity index (χ2v) is 4.96. The summed E-state index contributed by atoms with van der Waals surface area (Å²) in [6.07, 6.45) is 0. The zero-order chi connectivity index (χ0) is 9.42. The van der Waals surface area contributed by atoms with E-state index in [1.54, 1.807) is 16.7 Å². The number of fused-ring (bicyclic) bond motifs is 1. The highest BCUT2D eigenvalue weighted by Gasteiger charge is 2.09. The first kappa shape index (κ1) is 9.49. The van der Waals surface area contributed by atoms with Crippen LogP contribution in [-0.4, -0.2) is 5.11 Å². The SMILES string of the molecule is Oc1csc2c(CBr)ccc(Br)c12. The second-order valence-electron chi connectivity index (χ2n) is 2.67. The summed E-state index contributed by atoms with van der Waals surface area (Å²) in [5.74, 6) is 0.356. The Labute approximate surface area is 96.6 Å². The van der Waals surface area contributed by atoms with Crippen molar-refractivity contribution in [1.29, 1.82) is 0 Å². The molecule has 0 bridgehead atoms. The van der Waals surface area contributed by atoms with Crippen LogP contribution in [0.1, 0.15) is 5.56 Å². The van der Waals surface area contributed by atoms with Crippen LogP contribution in [-0.2, 0) is 5.33 Å². The van der Waals surface area contributed by atoms with Crippen LogP contribution >= 0.6 is 43.2 Å². The lowest BCUT2D eigenvalue weighted by Crippen LogP contribution is -1.77. The lowest BCUT2D eigenvalue weighted by molar-refractivity contribution is 0.483. The number of thiophene rings is 1. The smallest absolute Gasteiger partial charge is 0.135 e. The number of aromatic hydroxyl groups is 1. The zero-order valence-corrected chi connectivity index (χ0v) is 10.5. The van der Waals surface area contributed by atoms with Crippen LogP contribution in [0.15, 0.2) is 22.0 Å². The Bertz CT molecular complexity index is 450. The normalized spacial score (nSPS) is 10.9. The molecule has 0 amide bonds. The molecule has 0 spiro atoms. The van der Waals surface area contributed by atoms with Crippen LogP contribution < -0.4 is 0 Å². The summed E-state index contributed by atoms with van der Waals surface area (Å²) in [6.45, 7) is 0. The molecule has 0 aliphatic carbocycles. The number of rotatable bonds is 1. The molecular weight excluding hydrogens is 316 g/mol. The van der Waals surface area contributed by atoms with Crippen LogP contribution in [0.2, 0.25) is 0 Å². The van der Waals surface area contributed by atoms with Gasteiger partial charge in [-0.3, -0.25) is 0 Å². The molecule has 4 heteroatoms. The molecule has 0 saturated heterocycles. The van der Waals surface area contributed by atoms with Gasteiger partial charge in [-0.1, -0.05) is 22.0 Å². The molecule has 1 aromatic carbocycles. The fourth-order valence-electron chi connectivity index (χ4n) is 1.25. The van der Waals surface area contributed by atoms with Crippen LogP contribution in [0, 0.1) is 0 Å². The van der Waals surface area contributed by atoms with Gasteiger partial charge in [-0.05, 0) is 27.6 Å². The van der Waals surface area contributed by atoms with E-state index in [4.69, 9.17) is 0 Å². The van der Waals surface area contributed by atoms with E-state index < -0.39 is 0 Å². The highest BCUT2D eigenvalue weighted by atomic mass is 79.9. The van der Waals surface area contributed by atoms with Crippen molar-refractivity contribution in [3.05, 3.63) is 27.5 Å². The predicted octanol–water partition coefficient (Wildman–Crippen LogP) is 4.26. The molecule has 0 saturated carbocycles. The van der Waals surface area contributed by atoms with Crippen LogP contribution in [0.25, 0.3) is 10.1 Å². The van der Waals surface area contributed by atoms with Crippen LogP contribution in [0.3, 0.4) is 0 Å². The molecule has 0 atom stereocenters. The summed E-state index contributed by atoms with van der Waals surface area (Å²) in [7, 11) is 0. The topological polar surface area (TPSA) is 20.2 Å². The maximum Gasteiger partial charge on any atom is 0.135 e. The third kappa shape index (κ3) is 1.51. The van der Waals surface area contributed by atoms with Crippen molar-refractivity contribution in [2.45, 2.75) is 5.33 Å². The Balaban J connectivity index is 2.87. The molecule has 0 unspecified atom stereocenters. The maximum absolute atomic E-state index is 9.58. The molecule has 2 aromatic rings. The molecule has 0 fully saturated rings. The Morgan fingerprint density at radius 3 is 2.85 bits per heavy atom. The number of hydrogen-bond acceptors (Lipinski definition) is 2. The van der Waals surface area contributed by atoms with E-state index >= 15 is 0 Å². The third-order valence-corrected chi connectivity index (χ3v) is 4.18. The first-order valence-corrected chi connectivity index (χ1v) is 6.47. The van der Waals surface area contributed by atoms with E-state index in [2.05, 4.69) is 37.9 Å². The highest BCUT2D eigenvalue weighted by molar-refractivity contribution is 9.10. The first-order chi connectivity index (χ1) is 6.24. The molecular formula is C9H6Br2OS. The predicted molar refractivity (Wildman–Crippen MR) is 63.8 cm³/mol. The highest BCUT2D eigenvalue weighted by Crippen LogP contribution is 2.39. The van der Waals surface area contributed by atoms with Gasteiger partial charge in [-0.2, -0.15) is 0 Å². The van der Waals surface area contributed by atoms with E-state index in [9.17, 15) is 5.11 Å². The maximum atomic E-state index is 9.58. The molecule has 1 heterocycles. The summed E-state index contributed by atoms with van der Waals surface area (Å²) in [6, 6.07) is 4.02. The van der Waals surface area contributed by atoms with Crippen LogP contribution in [0.5, 0.6) is 5.75 Å². The average Bonchev–Trinajstić information content (AvgIpc) is 2.50. The van der Waals surface area contributed by atoms with Crippen LogP contribution in [0.4, 0.5) is 0 Å². The van der Waals surface area contributed by atoms with Gasteiger partial charge in [0.15, 0.2) is 0 Å². The fourth-order valence-corrected chi connectivity index (χ4v) is 3.54. The number of hydrogen-bond donors (Lipinski definition) is 1. The molecule has 1 N–H and O–H groups in total. The Morgan fingerprint density at radius 2 is 2.15 bits per heavy atom. The Kier molecular flexibility index (Phi) is 2.62. The largest absolute Gasteiger partial charge is 0.506 e. The molecule has 0 aliphatic heterocycles. The van der Waals surface area contributed by atoms with Crippen molar-refractivity contribution < 1.29 is 5.11 Å². The van der Waals surface area contributed by atoms with E-state index in [1.807, 2.05) is 6.07 Å².